The van der Waals surface area contributed by atoms with Crippen LogP contribution in [0.4, 0.5) is 0 Å². The molecule has 0 bridgehead atoms. The summed E-state index contributed by atoms with van der Waals surface area (Å²) in [6.07, 6.45) is 3.73. The van der Waals surface area contributed by atoms with E-state index in [4.69, 9.17) is 5.11 Å². The molecule has 78 valence electrons. The SMILES string of the molecule is CCCc1cc(C(=O)O)c(CCC)[nH]1. The number of H-pyrrole nitrogens is 1. The zero-order valence-corrected chi connectivity index (χ0v) is 8.76. The van der Waals surface area contributed by atoms with E-state index < -0.39 is 5.97 Å². The summed E-state index contributed by atoms with van der Waals surface area (Å²) in [5.41, 5.74) is 2.34. The highest BCUT2D eigenvalue weighted by molar-refractivity contribution is 5.89. The molecule has 0 unspecified atom stereocenters. The zero-order valence-electron chi connectivity index (χ0n) is 8.76. The van der Waals surface area contributed by atoms with Gasteiger partial charge in [-0.3, -0.25) is 0 Å². The second kappa shape index (κ2) is 4.84. The quantitative estimate of drug-likeness (QED) is 0.758. The number of aromatic nitrogens is 1. The maximum absolute atomic E-state index is 10.9. The van der Waals surface area contributed by atoms with Crippen molar-refractivity contribution in [1.82, 2.24) is 4.98 Å². The van der Waals surface area contributed by atoms with Crippen LogP contribution < -0.4 is 0 Å². The molecular weight excluding hydrogens is 178 g/mol. The molecule has 1 aromatic heterocycles. The smallest absolute Gasteiger partial charge is 0.337 e. The van der Waals surface area contributed by atoms with Crippen LogP contribution in [0.1, 0.15) is 48.4 Å². The Hall–Kier alpha value is -1.25. The number of hydrogen-bond acceptors (Lipinski definition) is 1. The fraction of sp³-hybridized carbons (Fsp3) is 0.545. The first-order valence-corrected chi connectivity index (χ1v) is 5.13. The molecular formula is C11H17NO2. The van der Waals surface area contributed by atoms with Gasteiger partial charge in [0.1, 0.15) is 0 Å². The lowest BCUT2D eigenvalue weighted by Gasteiger charge is -1.96. The minimum atomic E-state index is -0.827. The second-order valence-corrected chi connectivity index (χ2v) is 3.49. The molecule has 0 amide bonds. The first-order chi connectivity index (χ1) is 6.69. The molecule has 0 radical (unpaired) electrons. The summed E-state index contributed by atoms with van der Waals surface area (Å²) in [6.45, 7) is 4.13. The van der Waals surface area contributed by atoms with Crippen molar-refractivity contribution in [1.29, 1.82) is 0 Å². The summed E-state index contributed by atoms with van der Waals surface area (Å²) >= 11 is 0. The molecule has 0 fully saturated rings. The first-order valence-electron chi connectivity index (χ1n) is 5.13. The van der Waals surface area contributed by atoms with Gasteiger partial charge in [0.05, 0.1) is 5.56 Å². The molecule has 3 nitrogen and oxygen atoms in total. The number of carboxylic acid groups (broad SMARTS) is 1. The molecule has 1 aromatic rings. The number of carbonyl (C=O) groups is 1. The summed E-state index contributed by atoms with van der Waals surface area (Å²) in [5.74, 6) is -0.827. The van der Waals surface area contributed by atoms with E-state index in [1.54, 1.807) is 6.07 Å². The predicted molar refractivity (Wildman–Crippen MR) is 55.7 cm³/mol. The largest absolute Gasteiger partial charge is 0.478 e. The van der Waals surface area contributed by atoms with E-state index >= 15 is 0 Å². The average molecular weight is 195 g/mol. The lowest BCUT2D eigenvalue weighted by molar-refractivity contribution is 0.0696. The van der Waals surface area contributed by atoms with Crippen molar-refractivity contribution in [2.45, 2.75) is 39.5 Å². The number of aryl methyl sites for hydroxylation is 2. The van der Waals surface area contributed by atoms with Crippen molar-refractivity contribution in [2.24, 2.45) is 0 Å². The van der Waals surface area contributed by atoms with Crippen molar-refractivity contribution in [3.8, 4) is 0 Å². The van der Waals surface area contributed by atoms with Gasteiger partial charge in [0.25, 0.3) is 0 Å². The Bertz CT molecular complexity index is 315. The predicted octanol–water partition coefficient (Wildman–Crippen LogP) is 2.62. The van der Waals surface area contributed by atoms with Crippen LogP contribution in [-0.4, -0.2) is 16.1 Å². The highest BCUT2D eigenvalue weighted by Gasteiger charge is 2.12. The van der Waals surface area contributed by atoms with Crippen LogP contribution >= 0.6 is 0 Å². The molecule has 1 rings (SSSR count). The average Bonchev–Trinajstić information content (AvgIpc) is 2.49. The third-order valence-electron chi connectivity index (χ3n) is 2.20. The topological polar surface area (TPSA) is 53.1 Å². The highest BCUT2D eigenvalue weighted by atomic mass is 16.4. The third-order valence-corrected chi connectivity index (χ3v) is 2.20. The maximum atomic E-state index is 10.9. The Morgan fingerprint density at radius 3 is 2.50 bits per heavy atom. The van der Waals surface area contributed by atoms with Crippen LogP contribution in [0.5, 0.6) is 0 Å². The number of nitrogens with one attached hydrogen (secondary N) is 1. The van der Waals surface area contributed by atoms with Crippen LogP contribution in [0.3, 0.4) is 0 Å². The van der Waals surface area contributed by atoms with E-state index in [2.05, 4.69) is 11.9 Å². The lowest BCUT2D eigenvalue weighted by atomic mass is 10.1. The van der Waals surface area contributed by atoms with Crippen molar-refractivity contribution in [3.05, 3.63) is 23.0 Å². The summed E-state index contributed by atoms with van der Waals surface area (Å²) in [7, 11) is 0. The number of aromatic carboxylic acids is 1. The third kappa shape index (κ3) is 2.37. The van der Waals surface area contributed by atoms with Crippen LogP contribution in [0, 0.1) is 0 Å². The number of carboxylic acids is 1. The van der Waals surface area contributed by atoms with Gasteiger partial charge < -0.3 is 10.1 Å². The molecule has 0 atom stereocenters. The van der Waals surface area contributed by atoms with Crippen molar-refractivity contribution in [2.75, 3.05) is 0 Å². The monoisotopic (exact) mass is 195 g/mol. The normalized spacial score (nSPS) is 10.4. The molecule has 0 aliphatic carbocycles. The van der Waals surface area contributed by atoms with Gasteiger partial charge in [-0.25, -0.2) is 4.79 Å². The van der Waals surface area contributed by atoms with Gasteiger partial charge in [-0.2, -0.15) is 0 Å². The Labute approximate surface area is 84.2 Å². The molecule has 0 spiro atoms. The van der Waals surface area contributed by atoms with E-state index in [9.17, 15) is 4.79 Å². The van der Waals surface area contributed by atoms with Gasteiger partial charge in [-0.05, 0) is 18.9 Å². The maximum Gasteiger partial charge on any atom is 0.337 e. The Morgan fingerprint density at radius 1 is 1.36 bits per heavy atom. The zero-order chi connectivity index (χ0) is 10.6. The molecule has 14 heavy (non-hydrogen) atoms. The molecule has 0 aliphatic rings. The lowest BCUT2D eigenvalue weighted by Crippen LogP contribution is -1.99. The van der Waals surface area contributed by atoms with Crippen molar-refractivity contribution < 1.29 is 9.90 Å². The van der Waals surface area contributed by atoms with Crippen molar-refractivity contribution >= 4 is 5.97 Å². The first kappa shape index (κ1) is 10.8. The second-order valence-electron chi connectivity index (χ2n) is 3.49. The fourth-order valence-electron chi connectivity index (χ4n) is 1.60. The fourth-order valence-corrected chi connectivity index (χ4v) is 1.60. The van der Waals surface area contributed by atoms with Gasteiger partial charge in [-0.15, -0.1) is 0 Å². The van der Waals surface area contributed by atoms with Gasteiger partial charge in [0.2, 0.25) is 0 Å². The molecule has 2 N–H and O–H groups in total. The minimum Gasteiger partial charge on any atom is -0.478 e. The summed E-state index contributed by atoms with van der Waals surface area (Å²) in [5, 5.41) is 8.95. The van der Waals surface area contributed by atoms with Crippen LogP contribution in [0.25, 0.3) is 0 Å². The van der Waals surface area contributed by atoms with Gasteiger partial charge in [0, 0.05) is 11.4 Å². The molecule has 0 aromatic carbocycles. The van der Waals surface area contributed by atoms with Crippen LogP contribution in [-0.2, 0) is 12.8 Å². The number of aromatic amines is 1. The summed E-state index contributed by atoms with van der Waals surface area (Å²) in [6, 6.07) is 1.76. The van der Waals surface area contributed by atoms with Crippen molar-refractivity contribution in [3.63, 3.8) is 0 Å². The van der Waals surface area contributed by atoms with Crippen LogP contribution in [0.15, 0.2) is 6.07 Å². The number of rotatable bonds is 5. The van der Waals surface area contributed by atoms with Gasteiger partial charge in [-0.1, -0.05) is 26.7 Å². The standard InChI is InChI=1S/C11H17NO2/c1-3-5-8-7-9(11(13)14)10(12-8)6-4-2/h7,12H,3-6H2,1-2H3,(H,13,14). The van der Waals surface area contributed by atoms with Crippen LogP contribution in [0.2, 0.25) is 0 Å². The Kier molecular flexibility index (Phi) is 3.74. The van der Waals surface area contributed by atoms with E-state index in [0.717, 1.165) is 37.1 Å². The molecule has 0 saturated carbocycles. The van der Waals surface area contributed by atoms with E-state index in [-0.39, 0.29) is 0 Å². The Balaban J connectivity index is 2.93. The highest BCUT2D eigenvalue weighted by Crippen LogP contribution is 2.14. The summed E-state index contributed by atoms with van der Waals surface area (Å²) < 4.78 is 0. The Morgan fingerprint density at radius 2 is 2.00 bits per heavy atom. The van der Waals surface area contributed by atoms with E-state index in [1.807, 2.05) is 6.92 Å². The van der Waals surface area contributed by atoms with E-state index in [1.165, 1.54) is 0 Å². The minimum absolute atomic E-state index is 0.440. The van der Waals surface area contributed by atoms with Gasteiger partial charge in [0.15, 0.2) is 0 Å². The van der Waals surface area contributed by atoms with Gasteiger partial charge >= 0.3 is 5.97 Å². The molecule has 1 heterocycles. The molecule has 0 aliphatic heterocycles. The molecule has 0 saturated heterocycles. The number of hydrogen-bond donors (Lipinski definition) is 2. The van der Waals surface area contributed by atoms with E-state index in [0.29, 0.717) is 5.56 Å². The molecule has 3 heteroatoms. The summed E-state index contributed by atoms with van der Waals surface area (Å²) in [4.78, 5) is 14.1.